The number of methoxy groups -OCH3 is 2. The Morgan fingerprint density at radius 1 is 1.12 bits per heavy atom. The van der Waals surface area contributed by atoms with E-state index in [-0.39, 0.29) is 17.6 Å². The fraction of sp³-hybridized carbons (Fsp3) is 0.292. The molecule has 8 nitrogen and oxygen atoms in total. The van der Waals surface area contributed by atoms with E-state index >= 15 is 0 Å². The van der Waals surface area contributed by atoms with Gasteiger partial charge in [-0.25, -0.2) is 9.78 Å². The van der Waals surface area contributed by atoms with E-state index in [4.69, 9.17) is 18.6 Å². The van der Waals surface area contributed by atoms with Crippen molar-refractivity contribution >= 4 is 38.4 Å². The van der Waals surface area contributed by atoms with Gasteiger partial charge in [-0.15, -0.1) is 0 Å². The number of carbonyl (C=O) groups is 1. The molecule has 1 fully saturated rings. The van der Waals surface area contributed by atoms with Crippen molar-refractivity contribution in [2.75, 3.05) is 27.3 Å². The summed E-state index contributed by atoms with van der Waals surface area (Å²) in [6.45, 7) is 0.968. The van der Waals surface area contributed by atoms with Crippen LogP contribution in [0.25, 0.3) is 21.2 Å². The average Bonchev–Trinajstić information content (AvgIpc) is 3.24. The highest BCUT2D eigenvalue weighted by atomic mass is 32.1. The molecule has 3 heterocycles. The molecule has 2 aromatic heterocycles. The molecule has 5 rings (SSSR count). The first-order chi connectivity index (χ1) is 16.1. The molecule has 1 aliphatic rings. The number of benzene rings is 2. The number of para-hydroxylation sites is 1. The van der Waals surface area contributed by atoms with E-state index in [9.17, 15) is 9.59 Å². The molecule has 1 aliphatic heterocycles. The summed E-state index contributed by atoms with van der Waals surface area (Å²) in [6.07, 6.45) is 1.25. The van der Waals surface area contributed by atoms with Crippen molar-refractivity contribution in [1.82, 2.24) is 9.88 Å². The van der Waals surface area contributed by atoms with Crippen LogP contribution >= 0.6 is 11.3 Å². The minimum Gasteiger partial charge on any atom is -0.497 e. The standard InChI is InChI=1S/C24H22N2O6S/c1-29-16-6-7-18-20(13-16)33-24(25-18)31-15-8-10-26(11-9-15)22(27)17-12-14-4-3-5-19(30-2)21(14)32-23(17)28/h3-7,12-13,15H,8-11H2,1-2H3. The molecule has 0 radical (unpaired) electrons. The second kappa shape index (κ2) is 8.74. The van der Waals surface area contributed by atoms with Gasteiger partial charge in [-0.2, -0.15) is 0 Å². The van der Waals surface area contributed by atoms with Crippen LogP contribution in [-0.4, -0.2) is 49.2 Å². The van der Waals surface area contributed by atoms with Crippen molar-refractivity contribution in [2.45, 2.75) is 18.9 Å². The summed E-state index contributed by atoms with van der Waals surface area (Å²) in [5.74, 6) is 0.898. The van der Waals surface area contributed by atoms with E-state index in [1.807, 2.05) is 18.2 Å². The number of aromatic nitrogens is 1. The Morgan fingerprint density at radius 2 is 1.94 bits per heavy atom. The van der Waals surface area contributed by atoms with Crippen molar-refractivity contribution < 1.29 is 23.4 Å². The number of hydrogen-bond acceptors (Lipinski definition) is 8. The van der Waals surface area contributed by atoms with Gasteiger partial charge in [0.15, 0.2) is 11.3 Å². The highest BCUT2D eigenvalue weighted by Gasteiger charge is 2.27. The van der Waals surface area contributed by atoms with E-state index in [1.54, 1.807) is 36.3 Å². The number of nitrogens with zero attached hydrogens (tertiary/aromatic N) is 2. The fourth-order valence-corrected chi connectivity index (χ4v) is 4.89. The van der Waals surface area contributed by atoms with E-state index in [1.165, 1.54) is 18.4 Å². The molecule has 4 aromatic rings. The Morgan fingerprint density at radius 3 is 2.70 bits per heavy atom. The monoisotopic (exact) mass is 466 g/mol. The summed E-state index contributed by atoms with van der Waals surface area (Å²) < 4.78 is 23.0. The van der Waals surface area contributed by atoms with E-state index in [2.05, 4.69) is 4.98 Å². The molecular formula is C24H22N2O6S. The molecule has 0 bridgehead atoms. The highest BCUT2D eigenvalue weighted by molar-refractivity contribution is 7.20. The first kappa shape index (κ1) is 21.3. The summed E-state index contributed by atoms with van der Waals surface area (Å²) in [5, 5.41) is 1.25. The van der Waals surface area contributed by atoms with Gasteiger partial charge in [0.2, 0.25) is 0 Å². The first-order valence-electron chi connectivity index (χ1n) is 10.6. The van der Waals surface area contributed by atoms with Crippen LogP contribution in [0.5, 0.6) is 16.7 Å². The van der Waals surface area contributed by atoms with Gasteiger partial charge in [0.25, 0.3) is 11.1 Å². The minimum absolute atomic E-state index is 0.0234. The molecule has 1 saturated heterocycles. The molecule has 0 saturated carbocycles. The molecule has 0 unspecified atom stereocenters. The summed E-state index contributed by atoms with van der Waals surface area (Å²) in [7, 11) is 3.14. The SMILES string of the molecule is COc1ccc2nc(OC3CCN(C(=O)c4cc5cccc(OC)c5oc4=O)CC3)sc2c1. The Balaban J connectivity index is 1.27. The van der Waals surface area contributed by atoms with Gasteiger partial charge in [0.05, 0.1) is 24.4 Å². The molecule has 0 N–H and O–H groups in total. The van der Waals surface area contributed by atoms with Gasteiger partial charge in [0, 0.05) is 31.3 Å². The van der Waals surface area contributed by atoms with Crippen molar-refractivity contribution in [2.24, 2.45) is 0 Å². The van der Waals surface area contributed by atoms with Crippen LogP contribution < -0.4 is 19.8 Å². The smallest absolute Gasteiger partial charge is 0.349 e. The topological polar surface area (TPSA) is 91.1 Å². The first-order valence-corrected chi connectivity index (χ1v) is 11.4. The minimum atomic E-state index is -0.666. The zero-order chi connectivity index (χ0) is 22.9. The summed E-state index contributed by atoms with van der Waals surface area (Å²) >= 11 is 1.47. The average molecular weight is 467 g/mol. The molecule has 9 heteroatoms. The lowest BCUT2D eigenvalue weighted by Gasteiger charge is -2.31. The second-order valence-corrected chi connectivity index (χ2v) is 8.74. The van der Waals surface area contributed by atoms with Crippen LogP contribution in [0.15, 0.2) is 51.7 Å². The van der Waals surface area contributed by atoms with Crippen LogP contribution in [-0.2, 0) is 0 Å². The highest BCUT2D eigenvalue weighted by Crippen LogP contribution is 2.32. The number of fused-ring (bicyclic) bond motifs is 2. The quantitative estimate of drug-likeness (QED) is 0.409. The molecular weight excluding hydrogens is 444 g/mol. The lowest BCUT2D eigenvalue weighted by Crippen LogP contribution is -2.43. The molecule has 33 heavy (non-hydrogen) atoms. The third-order valence-corrected chi connectivity index (χ3v) is 6.66. The third kappa shape index (κ3) is 4.11. The molecule has 170 valence electrons. The molecule has 1 amide bonds. The van der Waals surface area contributed by atoms with Crippen LogP contribution in [0.3, 0.4) is 0 Å². The van der Waals surface area contributed by atoms with Gasteiger partial charge >= 0.3 is 5.63 Å². The normalized spacial score (nSPS) is 14.5. The van der Waals surface area contributed by atoms with Crippen molar-refractivity contribution in [3.8, 4) is 16.7 Å². The van der Waals surface area contributed by atoms with Crippen LogP contribution in [0.1, 0.15) is 23.2 Å². The van der Waals surface area contributed by atoms with Gasteiger partial charge < -0.3 is 23.5 Å². The second-order valence-electron chi connectivity index (χ2n) is 7.75. The Labute approximate surface area is 193 Å². The largest absolute Gasteiger partial charge is 0.497 e. The van der Waals surface area contributed by atoms with Crippen LogP contribution in [0.4, 0.5) is 0 Å². The molecule has 2 aromatic carbocycles. The van der Waals surface area contributed by atoms with Gasteiger partial charge in [0.1, 0.15) is 17.4 Å². The maximum absolute atomic E-state index is 13.0. The number of piperidine rings is 1. The Hall–Kier alpha value is -3.59. The van der Waals surface area contributed by atoms with Crippen molar-refractivity contribution in [1.29, 1.82) is 0 Å². The lowest BCUT2D eigenvalue weighted by atomic mass is 10.1. The number of thiazole rings is 1. The predicted octanol–water partition coefficient (Wildman–Crippen LogP) is 4.10. The van der Waals surface area contributed by atoms with Gasteiger partial charge in [-0.3, -0.25) is 4.79 Å². The van der Waals surface area contributed by atoms with E-state index in [0.717, 1.165) is 16.0 Å². The summed E-state index contributed by atoms with van der Waals surface area (Å²) in [4.78, 5) is 31.7. The fourth-order valence-electron chi connectivity index (χ4n) is 3.98. The Bertz CT molecular complexity index is 1390. The van der Waals surface area contributed by atoms with Gasteiger partial charge in [-0.1, -0.05) is 23.5 Å². The Kier molecular flexibility index (Phi) is 5.63. The maximum Gasteiger partial charge on any atom is 0.349 e. The predicted molar refractivity (Wildman–Crippen MR) is 125 cm³/mol. The zero-order valence-electron chi connectivity index (χ0n) is 18.2. The van der Waals surface area contributed by atoms with E-state index < -0.39 is 5.63 Å². The molecule has 0 spiro atoms. The number of rotatable bonds is 5. The number of ether oxygens (including phenoxy) is 3. The van der Waals surface area contributed by atoms with Crippen molar-refractivity contribution in [3.05, 3.63) is 58.4 Å². The third-order valence-electron chi connectivity index (χ3n) is 5.75. The number of likely N-dealkylation sites (tertiary alicyclic amines) is 1. The maximum atomic E-state index is 13.0. The zero-order valence-corrected chi connectivity index (χ0v) is 19.0. The molecule has 0 aliphatic carbocycles. The van der Waals surface area contributed by atoms with Crippen molar-refractivity contribution in [3.63, 3.8) is 0 Å². The number of carbonyl (C=O) groups excluding carboxylic acids is 1. The lowest BCUT2D eigenvalue weighted by molar-refractivity contribution is 0.0592. The van der Waals surface area contributed by atoms with Gasteiger partial charge in [-0.05, 0) is 30.3 Å². The summed E-state index contributed by atoms with van der Waals surface area (Å²) in [5.41, 5.74) is 0.556. The summed E-state index contributed by atoms with van der Waals surface area (Å²) in [6, 6.07) is 12.6. The molecule has 0 atom stereocenters. The number of amides is 1. The van der Waals surface area contributed by atoms with Crippen LogP contribution in [0.2, 0.25) is 0 Å². The number of hydrogen-bond donors (Lipinski definition) is 0. The van der Waals surface area contributed by atoms with E-state index in [0.29, 0.717) is 47.8 Å². The van der Waals surface area contributed by atoms with Crippen LogP contribution in [0, 0.1) is 0 Å².